The number of aromatic nitrogens is 1. The Bertz CT molecular complexity index is 991. The molecule has 0 fully saturated rings. The van der Waals surface area contributed by atoms with Gasteiger partial charge in [0.15, 0.2) is 0 Å². The quantitative estimate of drug-likeness (QED) is 0.710. The van der Waals surface area contributed by atoms with Crippen molar-refractivity contribution in [2.45, 2.75) is 19.4 Å². The van der Waals surface area contributed by atoms with Crippen LogP contribution in [0, 0.1) is 11.3 Å². The maximum atomic E-state index is 11.7. The molecule has 1 aromatic heterocycles. The van der Waals surface area contributed by atoms with Gasteiger partial charge < -0.3 is 9.72 Å². The van der Waals surface area contributed by atoms with E-state index in [1.54, 1.807) is 18.2 Å². The van der Waals surface area contributed by atoms with E-state index in [9.17, 15) is 4.79 Å². The molecule has 3 rings (SSSR count). The van der Waals surface area contributed by atoms with Crippen LogP contribution < -0.4 is 10.3 Å². The first-order chi connectivity index (χ1) is 12.7. The summed E-state index contributed by atoms with van der Waals surface area (Å²) in [6.45, 7) is 0.475. The molecule has 26 heavy (non-hydrogen) atoms. The highest BCUT2D eigenvalue weighted by atomic mass is 35.5. The van der Waals surface area contributed by atoms with E-state index in [-0.39, 0.29) is 11.1 Å². The van der Waals surface area contributed by atoms with E-state index in [0.29, 0.717) is 24.5 Å². The second-order valence-corrected chi connectivity index (χ2v) is 6.30. The zero-order valence-corrected chi connectivity index (χ0v) is 14.8. The fraction of sp³-hybridized carbons (Fsp3) is 0.143. The highest BCUT2D eigenvalue weighted by Crippen LogP contribution is 2.25. The maximum absolute atomic E-state index is 11.7. The number of hydrogen-bond donors (Lipinski definition) is 1. The van der Waals surface area contributed by atoms with Gasteiger partial charge in [0.05, 0.1) is 0 Å². The predicted octanol–water partition coefficient (Wildman–Crippen LogP) is 4.26. The molecule has 5 heteroatoms. The molecule has 3 aromatic rings. The van der Waals surface area contributed by atoms with Crippen molar-refractivity contribution in [3.05, 3.63) is 98.4 Å². The Morgan fingerprint density at radius 3 is 2.58 bits per heavy atom. The molecular formula is C21H17ClN2O2. The maximum Gasteiger partial charge on any atom is 0.266 e. The van der Waals surface area contributed by atoms with E-state index in [2.05, 4.69) is 4.98 Å². The van der Waals surface area contributed by atoms with Crippen LogP contribution >= 0.6 is 11.6 Å². The summed E-state index contributed by atoms with van der Waals surface area (Å²) < 4.78 is 5.95. The lowest BCUT2D eigenvalue weighted by molar-refractivity contribution is 0.303. The molecule has 0 unspecified atom stereocenters. The minimum Gasteiger partial charge on any atom is -0.489 e. The largest absolute Gasteiger partial charge is 0.489 e. The molecule has 0 saturated heterocycles. The molecular weight excluding hydrogens is 348 g/mol. The van der Waals surface area contributed by atoms with Gasteiger partial charge in [-0.15, -0.1) is 0 Å². The van der Waals surface area contributed by atoms with Crippen molar-refractivity contribution in [1.29, 1.82) is 5.26 Å². The van der Waals surface area contributed by atoms with Crippen LogP contribution in [0.15, 0.2) is 65.5 Å². The SMILES string of the molecule is N#Cc1ccc(CCc2cc(Cl)ccc2OCc2ccccc2)[nH]c1=O. The fourth-order valence-corrected chi connectivity index (χ4v) is 2.83. The zero-order chi connectivity index (χ0) is 18.4. The molecule has 0 spiro atoms. The number of nitriles is 1. The van der Waals surface area contributed by atoms with Crippen LogP contribution in [0.25, 0.3) is 0 Å². The third-order valence-corrected chi connectivity index (χ3v) is 4.25. The number of aromatic amines is 1. The van der Waals surface area contributed by atoms with Crippen molar-refractivity contribution >= 4 is 11.6 Å². The van der Waals surface area contributed by atoms with E-state index >= 15 is 0 Å². The molecule has 1 N–H and O–H groups in total. The summed E-state index contributed by atoms with van der Waals surface area (Å²) in [7, 11) is 0. The summed E-state index contributed by atoms with van der Waals surface area (Å²) in [5.41, 5.74) is 2.58. The number of nitrogens with zero attached hydrogens (tertiary/aromatic N) is 1. The zero-order valence-electron chi connectivity index (χ0n) is 14.0. The van der Waals surface area contributed by atoms with Crippen molar-refractivity contribution in [2.75, 3.05) is 0 Å². The molecule has 130 valence electrons. The number of benzene rings is 2. The normalized spacial score (nSPS) is 10.3. The minimum absolute atomic E-state index is 0.114. The second kappa shape index (κ2) is 8.37. The summed E-state index contributed by atoms with van der Waals surface area (Å²) >= 11 is 6.13. The molecule has 0 radical (unpaired) electrons. The first-order valence-corrected chi connectivity index (χ1v) is 8.61. The predicted molar refractivity (Wildman–Crippen MR) is 101 cm³/mol. The number of hydrogen-bond acceptors (Lipinski definition) is 3. The van der Waals surface area contributed by atoms with Gasteiger partial charge in [-0.3, -0.25) is 4.79 Å². The first-order valence-electron chi connectivity index (χ1n) is 8.23. The summed E-state index contributed by atoms with van der Waals surface area (Å²) in [6.07, 6.45) is 1.27. The van der Waals surface area contributed by atoms with E-state index in [0.717, 1.165) is 22.6 Å². The van der Waals surface area contributed by atoms with Crippen molar-refractivity contribution in [2.24, 2.45) is 0 Å². The van der Waals surface area contributed by atoms with Crippen LogP contribution in [0.2, 0.25) is 5.02 Å². The summed E-state index contributed by atoms with van der Waals surface area (Å²) in [4.78, 5) is 14.5. The molecule has 0 aliphatic carbocycles. The van der Waals surface area contributed by atoms with Crippen molar-refractivity contribution in [3.63, 3.8) is 0 Å². The average Bonchev–Trinajstić information content (AvgIpc) is 2.66. The molecule has 0 amide bonds. The van der Waals surface area contributed by atoms with Crippen LogP contribution in [0.1, 0.15) is 22.4 Å². The van der Waals surface area contributed by atoms with Gasteiger partial charge in [-0.2, -0.15) is 5.26 Å². The minimum atomic E-state index is -0.364. The molecule has 0 bridgehead atoms. The number of aryl methyl sites for hydroxylation is 2. The van der Waals surface area contributed by atoms with E-state index in [1.807, 2.05) is 48.5 Å². The van der Waals surface area contributed by atoms with Crippen molar-refractivity contribution in [1.82, 2.24) is 4.98 Å². The lowest BCUT2D eigenvalue weighted by Crippen LogP contribution is -2.12. The van der Waals surface area contributed by atoms with Gasteiger partial charge >= 0.3 is 0 Å². The third-order valence-electron chi connectivity index (χ3n) is 4.01. The van der Waals surface area contributed by atoms with Crippen LogP contribution in [-0.4, -0.2) is 4.98 Å². The molecule has 0 aliphatic heterocycles. The fourth-order valence-electron chi connectivity index (χ4n) is 2.64. The first kappa shape index (κ1) is 17.8. The Morgan fingerprint density at radius 1 is 1.04 bits per heavy atom. The summed E-state index contributed by atoms with van der Waals surface area (Å²) in [5.74, 6) is 0.772. The lowest BCUT2D eigenvalue weighted by Gasteiger charge is -2.12. The highest BCUT2D eigenvalue weighted by molar-refractivity contribution is 6.30. The molecule has 0 saturated carbocycles. The van der Waals surface area contributed by atoms with Gasteiger partial charge in [0.2, 0.25) is 0 Å². The summed E-state index contributed by atoms with van der Waals surface area (Å²) in [5, 5.41) is 9.48. The second-order valence-electron chi connectivity index (χ2n) is 5.86. The Balaban J connectivity index is 1.72. The Kier molecular flexibility index (Phi) is 5.73. The number of halogens is 1. The third kappa shape index (κ3) is 4.53. The van der Waals surface area contributed by atoms with Gasteiger partial charge in [0, 0.05) is 10.7 Å². The number of nitrogens with one attached hydrogen (secondary N) is 1. The standard InChI is InChI=1S/C21H17ClN2O2/c22-18-8-11-20(26-14-15-4-2-1-3-5-15)16(12-18)6-9-19-10-7-17(13-23)21(25)24-19/h1-5,7-8,10-12H,6,9,14H2,(H,24,25). The van der Waals surface area contributed by atoms with Crippen LogP contribution in [0.3, 0.4) is 0 Å². The topological polar surface area (TPSA) is 65.9 Å². The molecule has 0 atom stereocenters. The number of rotatable bonds is 6. The van der Waals surface area contributed by atoms with E-state index in [1.165, 1.54) is 0 Å². The van der Waals surface area contributed by atoms with Gasteiger partial charge in [-0.1, -0.05) is 41.9 Å². The molecule has 4 nitrogen and oxygen atoms in total. The average molecular weight is 365 g/mol. The number of H-pyrrole nitrogens is 1. The number of ether oxygens (including phenoxy) is 1. The van der Waals surface area contributed by atoms with Gasteiger partial charge in [0.25, 0.3) is 5.56 Å². The Hall–Kier alpha value is -3.03. The highest BCUT2D eigenvalue weighted by Gasteiger charge is 2.07. The van der Waals surface area contributed by atoms with Crippen LogP contribution in [-0.2, 0) is 19.4 Å². The van der Waals surface area contributed by atoms with E-state index < -0.39 is 0 Å². The lowest BCUT2D eigenvalue weighted by atomic mass is 10.1. The number of pyridine rings is 1. The molecule has 0 aliphatic rings. The molecule has 2 aromatic carbocycles. The molecule has 1 heterocycles. The van der Waals surface area contributed by atoms with Gasteiger partial charge in [-0.05, 0) is 54.3 Å². The Morgan fingerprint density at radius 2 is 1.85 bits per heavy atom. The smallest absolute Gasteiger partial charge is 0.266 e. The van der Waals surface area contributed by atoms with E-state index in [4.69, 9.17) is 21.6 Å². The van der Waals surface area contributed by atoms with Crippen molar-refractivity contribution in [3.8, 4) is 11.8 Å². The van der Waals surface area contributed by atoms with Crippen LogP contribution in [0.5, 0.6) is 5.75 Å². The monoisotopic (exact) mass is 364 g/mol. The van der Waals surface area contributed by atoms with Crippen molar-refractivity contribution < 1.29 is 4.74 Å². The van der Waals surface area contributed by atoms with Gasteiger partial charge in [0.1, 0.15) is 24.0 Å². The Labute approximate surface area is 156 Å². The van der Waals surface area contributed by atoms with Crippen LogP contribution in [0.4, 0.5) is 0 Å². The summed E-state index contributed by atoms with van der Waals surface area (Å²) in [6, 6.07) is 20.6. The van der Waals surface area contributed by atoms with Gasteiger partial charge in [-0.25, -0.2) is 0 Å².